The number of aryl methyl sites for hydroxylation is 1. The van der Waals surface area contributed by atoms with Gasteiger partial charge in [0.2, 0.25) is 0 Å². The molecule has 0 aliphatic rings. The number of aromatic hydroxyl groups is 1. The molecular formula is C10H9F3O2. The molecule has 2 nitrogen and oxygen atoms in total. The summed E-state index contributed by atoms with van der Waals surface area (Å²) in [5.74, 6) is -1.60. The van der Waals surface area contributed by atoms with E-state index in [1.54, 1.807) is 0 Å². The van der Waals surface area contributed by atoms with Crippen LogP contribution in [0.2, 0.25) is 0 Å². The molecule has 0 heterocycles. The molecule has 0 aliphatic heterocycles. The lowest BCUT2D eigenvalue weighted by molar-refractivity contribution is -0.138. The van der Waals surface area contributed by atoms with Gasteiger partial charge in [0.05, 0.1) is 11.1 Å². The van der Waals surface area contributed by atoms with Gasteiger partial charge in [0.25, 0.3) is 0 Å². The smallest absolute Gasteiger partial charge is 0.419 e. The number of halogens is 3. The topological polar surface area (TPSA) is 37.3 Å². The van der Waals surface area contributed by atoms with Crippen molar-refractivity contribution in [3.8, 4) is 5.75 Å². The third-order valence-electron chi connectivity index (χ3n) is 1.94. The Labute approximate surface area is 84.3 Å². The third kappa shape index (κ3) is 2.29. The Morgan fingerprint density at radius 1 is 1.33 bits per heavy atom. The summed E-state index contributed by atoms with van der Waals surface area (Å²) in [5.41, 5.74) is -1.19. The van der Waals surface area contributed by atoms with Crippen molar-refractivity contribution in [1.82, 2.24) is 0 Å². The number of carbonyl (C=O) groups excluding carboxylic acids is 1. The lowest BCUT2D eigenvalue weighted by atomic mass is 10.0. The number of hydrogen-bond acceptors (Lipinski definition) is 2. The largest absolute Gasteiger partial charge is 0.507 e. The fraction of sp³-hybridized carbons (Fsp3) is 0.300. The molecule has 1 aromatic rings. The molecule has 1 N–H and O–H groups in total. The van der Waals surface area contributed by atoms with Crippen molar-refractivity contribution in [2.24, 2.45) is 0 Å². The van der Waals surface area contributed by atoms with Crippen LogP contribution in [0.25, 0.3) is 0 Å². The van der Waals surface area contributed by atoms with E-state index in [9.17, 15) is 23.1 Å². The summed E-state index contributed by atoms with van der Waals surface area (Å²) in [6.45, 7) is 2.54. The number of carbonyl (C=O) groups is 1. The molecule has 1 aromatic carbocycles. The second-order valence-electron chi connectivity index (χ2n) is 3.26. The molecule has 1 rings (SSSR count). The van der Waals surface area contributed by atoms with Crippen LogP contribution in [-0.2, 0) is 6.18 Å². The molecule has 0 radical (unpaired) electrons. The van der Waals surface area contributed by atoms with E-state index in [-0.39, 0.29) is 11.1 Å². The predicted molar refractivity (Wildman–Crippen MR) is 47.9 cm³/mol. The van der Waals surface area contributed by atoms with Crippen LogP contribution in [0.15, 0.2) is 12.1 Å². The van der Waals surface area contributed by atoms with Gasteiger partial charge in [0.1, 0.15) is 5.75 Å². The minimum absolute atomic E-state index is 0.283. The first-order chi connectivity index (χ1) is 6.73. The standard InChI is InChI=1S/C10H9F3O2/c1-5-3-7(6(2)14)9(15)8(4-5)10(11,12)13/h3-4,15H,1-2H3. The number of phenolic OH excluding ortho intramolecular Hbond substituents is 1. The molecule has 82 valence electrons. The molecule has 15 heavy (non-hydrogen) atoms. The zero-order chi connectivity index (χ0) is 11.8. The number of ketones is 1. The van der Waals surface area contributed by atoms with Gasteiger partial charge >= 0.3 is 6.18 Å². The van der Waals surface area contributed by atoms with Crippen LogP contribution >= 0.6 is 0 Å². The minimum Gasteiger partial charge on any atom is -0.507 e. The SMILES string of the molecule is CC(=O)c1cc(C)cc(C(F)(F)F)c1O. The van der Waals surface area contributed by atoms with Crippen molar-refractivity contribution in [2.45, 2.75) is 20.0 Å². The minimum atomic E-state index is -4.65. The van der Waals surface area contributed by atoms with E-state index < -0.39 is 23.3 Å². The van der Waals surface area contributed by atoms with Crippen LogP contribution in [-0.4, -0.2) is 10.9 Å². The van der Waals surface area contributed by atoms with Gasteiger partial charge < -0.3 is 5.11 Å². The highest BCUT2D eigenvalue weighted by Crippen LogP contribution is 2.38. The molecule has 0 aromatic heterocycles. The number of Topliss-reactive ketones (excluding diaryl/α,β-unsaturated/α-hetero) is 1. The molecule has 0 atom stereocenters. The van der Waals surface area contributed by atoms with Crippen LogP contribution in [0.5, 0.6) is 5.75 Å². The van der Waals surface area contributed by atoms with Crippen molar-refractivity contribution >= 4 is 5.78 Å². The summed E-state index contributed by atoms with van der Waals surface area (Å²) >= 11 is 0. The number of alkyl halides is 3. The monoisotopic (exact) mass is 218 g/mol. The fourth-order valence-electron chi connectivity index (χ4n) is 1.26. The molecule has 0 bridgehead atoms. The van der Waals surface area contributed by atoms with E-state index in [0.29, 0.717) is 0 Å². The van der Waals surface area contributed by atoms with Gasteiger partial charge in [-0.1, -0.05) is 0 Å². The molecule has 0 fully saturated rings. The molecule has 0 spiro atoms. The Balaban J connectivity index is 3.49. The van der Waals surface area contributed by atoms with Crippen LogP contribution in [0.1, 0.15) is 28.4 Å². The Bertz CT molecular complexity index is 408. The summed E-state index contributed by atoms with van der Waals surface area (Å²) in [5, 5.41) is 9.28. The maximum Gasteiger partial charge on any atom is 0.419 e. The maximum atomic E-state index is 12.4. The van der Waals surface area contributed by atoms with Gasteiger partial charge in [-0.2, -0.15) is 13.2 Å². The Morgan fingerprint density at radius 3 is 2.27 bits per heavy atom. The van der Waals surface area contributed by atoms with Gasteiger partial charge in [-0.05, 0) is 31.5 Å². The quantitative estimate of drug-likeness (QED) is 0.736. The molecule has 0 saturated heterocycles. The maximum absolute atomic E-state index is 12.4. The molecule has 0 aliphatic carbocycles. The summed E-state index contributed by atoms with van der Waals surface area (Å²) in [6, 6.07) is 2.04. The van der Waals surface area contributed by atoms with E-state index in [2.05, 4.69) is 0 Å². The Morgan fingerprint density at radius 2 is 1.87 bits per heavy atom. The van der Waals surface area contributed by atoms with Crippen molar-refractivity contribution in [3.63, 3.8) is 0 Å². The zero-order valence-electron chi connectivity index (χ0n) is 8.14. The molecular weight excluding hydrogens is 209 g/mol. The highest BCUT2D eigenvalue weighted by molar-refractivity contribution is 5.97. The van der Waals surface area contributed by atoms with Crippen LogP contribution in [0, 0.1) is 6.92 Å². The number of rotatable bonds is 1. The van der Waals surface area contributed by atoms with Crippen molar-refractivity contribution in [1.29, 1.82) is 0 Å². The predicted octanol–water partition coefficient (Wildman–Crippen LogP) is 2.92. The summed E-state index contributed by atoms with van der Waals surface area (Å²) < 4.78 is 37.2. The average Bonchev–Trinajstić information content (AvgIpc) is 2.06. The highest BCUT2D eigenvalue weighted by Gasteiger charge is 2.35. The van der Waals surface area contributed by atoms with Crippen molar-refractivity contribution in [2.75, 3.05) is 0 Å². The summed E-state index contributed by atoms with van der Waals surface area (Å²) in [6.07, 6.45) is -4.65. The first-order valence-electron chi connectivity index (χ1n) is 4.15. The average molecular weight is 218 g/mol. The molecule has 0 saturated carbocycles. The van der Waals surface area contributed by atoms with E-state index in [4.69, 9.17) is 0 Å². The van der Waals surface area contributed by atoms with Crippen LogP contribution in [0.3, 0.4) is 0 Å². The highest BCUT2D eigenvalue weighted by atomic mass is 19.4. The van der Waals surface area contributed by atoms with Gasteiger partial charge in [0.15, 0.2) is 5.78 Å². The number of benzene rings is 1. The van der Waals surface area contributed by atoms with E-state index in [0.717, 1.165) is 13.0 Å². The van der Waals surface area contributed by atoms with Crippen LogP contribution in [0.4, 0.5) is 13.2 Å². The van der Waals surface area contributed by atoms with E-state index in [1.165, 1.54) is 13.0 Å². The molecule has 5 heteroatoms. The Kier molecular flexibility index (Phi) is 2.75. The number of hydrogen-bond donors (Lipinski definition) is 1. The molecule has 0 unspecified atom stereocenters. The van der Waals surface area contributed by atoms with Gasteiger partial charge in [-0.3, -0.25) is 4.79 Å². The van der Waals surface area contributed by atoms with E-state index >= 15 is 0 Å². The molecule has 0 amide bonds. The zero-order valence-corrected chi connectivity index (χ0v) is 8.14. The summed E-state index contributed by atoms with van der Waals surface area (Å²) in [7, 11) is 0. The van der Waals surface area contributed by atoms with Crippen LogP contribution < -0.4 is 0 Å². The van der Waals surface area contributed by atoms with E-state index in [1.807, 2.05) is 0 Å². The first kappa shape index (κ1) is 11.6. The Hall–Kier alpha value is -1.52. The van der Waals surface area contributed by atoms with Gasteiger partial charge in [0, 0.05) is 0 Å². The first-order valence-corrected chi connectivity index (χ1v) is 4.15. The van der Waals surface area contributed by atoms with Gasteiger partial charge in [-0.15, -0.1) is 0 Å². The lowest BCUT2D eigenvalue weighted by Gasteiger charge is -2.12. The van der Waals surface area contributed by atoms with Crippen molar-refractivity contribution in [3.05, 3.63) is 28.8 Å². The number of phenols is 1. The lowest BCUT2D eigenvalue weighted by Crippen LogP contribution is -2.08. The third-order valence-corrected chi connectivity index (χ3v) is 1.94. The van der Waals surface area contributed by atoms with Crippen molar-refractivity contribution < 1.29 is 23.1 Å². The second kappa shape index (κ2) is 3.56. The normalized spacial score (nSPS) is 11.5. The summed E-state index contributed by atoms with van der Waals surface area (Å²) in [4.78, 5) is 11.0. The fourth-order valence-corrected chi connectivity index (χ4v) is 1.26. The van der Waals surface area contributed by atoms with Gasteiger partial charge in [-0.25, -0.2) is 0 Å². The second-order valence-corrected chi connectivity index (χ2v) is 3.26.